The summed E-state index contributed by atoms with van der Waals surface area (Å²) < 4.78 is 5.26. The summed E-state index contributed by atoms with van der Waals surface area (Å²) in [5.41, 5.74) is 3.92. The van der Waals surface area contributed by atoms with Gasteiger partial charge < -0.3 is 20.5 Å². The van der Waals surface area contributed by atoms with Crippen molar-refractivity contribution in [2.75, 3.05) is 19.5 Å². The molecule has 3 N–H and O–H groups in total. The van der Waals surface area contributed by atoms with E-state index in [-0.39, 0.29) is 16.6 Å². The number of Topliss-reactive ketones (excluding diaryl/α,β-unsaturated/α-hetero) is 1. The molecule has 0 atom stereocenters. The van der Waals surface area contributed by atoms with E-state index in [2.05, 4.69) is 15.6 Å². The van der Waals surface area contributed by atoms with E-state index in [0.717, 1.165) is 53.4 Å². The predicted molar refractivity (Wildman–Crippen MR) is 129 cm³/mol. The molecule has 3 aromatic rings. The fourth-order valence-corrected chi connectivity index (χ4v) is 4.63. The van der Waals surface area contributed by atoms with Crippen molar-refractivity contribution < 1.29 is 14.6 Å². The quantitative estimate of drug-likeness (QED) is 0.432. The first-order valence-corrected chi connectivity index (χ1v) is 11.2. The molecule has 168 valence electrons. The van der Waals surface area contributed by atoms with Gasteiger partial charge in [-0.2, -0.15) is 0 Å². The summed E-state index contributed by atoms with van der Waals surface area (Å²) in [4.78, 5) is 16.9. The van der Waals surface area contributed by atoms with Crippen molar-refractivity contribution in [1.29, 1.82) is 0 Å². The summed E-state index contributed by atoms with van der Waals surface area (Å²) in [6.45, 7) is 1.57. The monoisotopic (exact) mass is 453 g/mol. The Morgan fingerprint density at radius 2 is 1.84 bits per heavy atom. The zero-order chi connectivity index (χ0) is 22.8. The van der Waals surface area contributed by atoms with E-state index >= 15 is 0 Å². The van der Waals surface area contributed by atoms with Crippen molar-refractivity contribution in [2.24, 2.45) is 0 Å². The average Bonchev–Trinajstić information content (AvgIpc) is 2.81. The first-order valence-electron chi connectivity index (χ1n) is 10.9. The maximum atomic E-state index is 12.4. The van der Waals surface area contributed by atoms with Crippen LogP contribution >= 0.6 is 11.6 Å². The standard InChI is InChI=1S/C25H28ClN3O3/c1-14(30)20-13-28-22-9-4-15(16-11-21(26)25(31)23(12-16)32-3)10-19(22)24(20)29-18-7-5-17(27-2)6-8-18/h4,9-13,17-18,27,31H,5-8H2,1-3H3,(H,28,29)/t17-,18-. The van der Waals surface area contributed by atoms with Gasteiger partial charge in [-0.3, -0.25) is 9.78 Å². The van der Waals surface area contributed by atoms with E-state index in [9.17, 15) is 9.90 Å². The lowest BCUT2D eigenvalue weighted by Gasteiger charge is -2.30. The number of carbonyl (C=O) groups is 1. The Morgan fingerprint density at radius 3 is 2.50 bits per heavy atom. The second kappa shape index (κ2) is 9.35. The van der Waals surface area contributed by atoms with E-state index < -0.39 is 0 Å². The first kappa shape index (κ1) is 22.4. The Labute approximate surface area is 193 Å². The second-order valence-electron chi connectivity index (χ2n) is 8.33. The number of aromatic nitrogens is 1. The van der Waals surface area contributed by atoms with Crippen LogP contribution in [0.1, 0.15) is 43.0 Å². The van der Waals surface area contributed by atoms with E-state index in [1.807, 2.05) is 25.2 Å². The average molecular weight is 454 g/mol. The van der Waals surface area contributed by atoms with E-state index in [1.54, 1.807) is 25.3 Å². The van der Waals surface area contributed by atoms with Crippen LogP contribution in [0.2, 0.25) is 5.02 Å². The van der Waals surface area contributed by atoms with Gasteiger partial charge in [-0.05, 0) is 75.0 Å². The zero-order valence-electron chi connectivity index (χ0n) is 18.5. The van der Waals surface area contributed by atoms with Crippen molar-refractivity contribution in [2.45, 2.75) is 44.7 Å². The maximum absolute atomic E-state index is 12.4. The number of hydrogen-bond acceptors (Lipinski definition) is 6. The molecule has 1 aromatic heterocycles. The third-order valence-electron chi connectivity index (χ3n) is 6.31. The number of fused-ring (bicyclic) bond motifs is 1. The topological polar surface area (TPSA) is 83.5 Å². The van der Waals surface area contributed by atoms with Crippen LogP contribution in [0.4, 0.5) is 5.69 Å². The number of phenolic OH excluding ortho intramolecular Hbond substituents is 1. The Morgan fingerprint density at radius 1 is 1.12 bits per heavy atom. The number of methoxy groups -OCH3 is 1. The van der Waals surface area contributed by atoms with Crippen molar-refractivity contribution in [3.8, 4) is 22.6 Å². The third kappa shape index (κ3) is 4.38. The van der Waals surface area contributed by atoms with Crippen molar-refractivity contribution >= 4 is 34.0 Å². The molecule has 1 heterocycles. The summed E-state index contributed by atoms with van der Waals surface area (Å²) in [5, 5.41) is 18.2. The van der Waals surface area contributed by atoms with Crippen molar-refractivity contribution in [1.82, 2.24) is 10.3 Å². The molecule has 0 aliphatic heterocycles. The summed E-state index contributed by atoms with van der Waals surface area (Å²) in [7, 11) is 3.50. The number of pyridine rings is 1. The van der Waals surface area contributed by atoms with Crippen LogP contribution in [0.3, 0.4) is 0 Å². The summed E-state index contributed by atoms with van der Waals surface area (Å²) in [6.07, 6.45) is 5.94. The van der Waals surface area contributed by atoms with Gasteiger partial charge in [-0.15, -0.1) is 0 Å². The molecule has 7 heteroatoms. The molecule has 1 aliphatic carbocycles. The van der Waals surface area contributed by atoms with Crippen LogP contribution in [0.15, 0.2) is 36.5 Å². The predicted octanol–water partition coefficient (Wildman–Crippen LogP) is 5.41. The normalized spacial score (nSPS) is 18.5. The SMILES string of the molecule is CN[C@H]1CC[C@H](Nc2c(C(C)=O)cnc3ccc(-c4cc(Cl)c(O)c(OC)c4)cc23)CC1. The number of aromatic hydroxyl groups is 1. The van der Waals surface area contributed by atoms with Gasteiger partial charge in [-0.25, -0.2) is 0 Å². The number of benzene rings is 2. The van der Waals surface area contributed by atoms with E-state index in [1.165, 1.54) is 7.11 Å². The molecular weight excluding hydrogens is 426 g/mol. The summed E-state index contributed by atoms with van der Waals surface area (Å²) in [5.74, 6) is 0.201. The molecule has 0 saturated heterocycles. The molecule has 0 radical (unpaired) electrons. The Bertz CT molecular complexity index is 1160. The van der Waals surface area contributed by atoms with Gasteiger partial charge in [0.1, 0.15) is 0 Å². The minimum Gasteiger partial charge on any atom is -0.503 e. The van der Waals surface area contributed by atoms with Gasteiger partial charge >= 0.3 is 0 Å². The lowest BCUT2D eigenvalue weighted by molar-refractivity contribution is 0.101. The fourth-order valence-electron chi connectivity index (χ4n) is 4.42. The highest BCUT2D eigenvalue weighted by Crippen LogP contribution is 2.40. The molecule has 0 spiro atoms. The van der Waals surface area contributed by atoms with Gasteiger partial charge in [0.05, 0.1) is 28.9 Å². The maximum Gasteiger partial charge on any atom is 0.176 e. The summed E-state index contributed by atoms with van der Waals surface area (Å²) >= 11 is 6.21. The van der Waals surface area contributed by atoms with Crippen LogP contribution < -0.4 is 15.4 Å². The van der Waals surface area contributed by atoms with Crippen molar-refractivity contribution in [3.63, 3.8) is 0 Å². The zero-order valence-corrected chi connectivity index (χ0v) is 19.3. The highest BCUT2D eigenvalue weighted by atomic mass is 35.5. The lowest BCUT2D eigenvalue weighted by Crippen LogP contribution is -2.35. The molecule has 1 saturated carbocycles. The number of ketones is 1. The number of halogens is 1. The second-order valence-corrected chi connectivity index (χ2v) is 8.73. The number of ether oxygens (including phenoxy) is 1. The third-order valence-corrected chi connectivity index (χ3v) is 6.60. The molecular formula is C25H28ClN3O3. The van der Waals surface area contributed by atoms with Crippen LogP contribution in [-0.4, -0.2) is 42.1 Å². The van der Waals surface area contributed by atoms with Crippen LogP contribution in [0.5, 0.6) is 11.5 Å². The van der Waals surface area contributed by atoms with E-state index in [4.69, 9.17) is 16.3 Å². The minimum absolute atomic E-state index is 0.0226. The molecule has 1 aliphatic rings. The molecule has 0 unspecified atom stereocenters. The van der Waals surface area contributed by atoms with Gasteiger partial charge in [0.25, 0.3) is 0 Å². The highest BCUT2D eigenvalue weighted by molar-refractivity contribution is 6.32. The Kier molecular flexibility index (Phi) is 6.53. The van der Waals surface area contributed by atoms with Crippen LogP contribution in [0, 0.1) is 0 Å². The van der Waals surface area contributed by atoms with Crippen LogP contribution in [0.25, 0.3) is 22.0 Å². The van der Waals surface area contributed by atoms with Gasteiger partial charge in [0, 0.05) is 23.7 Å². The molecule has 6 nitrogen and oxygen atoms in total. The first-order chi connectivity index (χ1) is 15.4. The van der Waals surface area contributed by atoms with E-state index in [0.29, 0.717) is 23.4 Å². The molecule has 2 aromatic carbocycles. The number of anilines is 1. The number of nitrogens with zero attached hydrogens (tertiary/aromatic N) is 1. The van der Waals surface area contributed by atoms with Crippen molar-refractivity contribution in [3.05, 3.63) is 47.1 Å². The highest BCUT2D eigenvalue weighted by Gasteiger charge is 2.22. The molecule has 32 heavy (non-hydrogen) atoms. The minimum atomic E-state index is -0.0845. The van der Waals surface area contributed by atoms with Gasteiger partial charge in [0.2, 0.25) is 0 Å². The number of hydrogen-bond donors (Lipinski definition) is 3. The summed E-state index contributed by atoms with van der Waals surface area (Å²) in [6, 6.07) is 10.2. The fraction of sp³-hybridized carbons (Fsp3) is 0.360. The van der Waals surface area contributed by atoms with Gasteiger partial charge in [0.15, 0.2) is 17.3 Å². The number of phenols is 1. The molecule has 0 amide bonds. The molecule has 1 fully saturated rings. The smallest absolute Gasteiger partial charge is 0.176 e. The Balaban J connectivity index is 1.79. The van der Waals surface area contributed by atoms with Crippen LogP contribution in [-0.2, 0) is 0 Å². The number of rotatable bonds is 6. The number of carbonyl (C=O) groups excluding carboxylic acids is 1. The van der Waals surface area contributed by atoms with Gasteiger partial charge in [-0.1, -0.05) is 17.7 Å². The largest absolute Gasteiger partial charge is 0.503 e. The Hall–Kier alpha value is -2.83. The molecule has 4 rings (SSSR count). The molecule has 0 bridgehead atoms. The number of nitrogens with one attached hydrogen (secondary N) is 2. The lowest BCUT2D eigenvalue weighted by atomic mass is 9.90.